The average Bonchev–Trinajstić information content (AvgIpc) is 3.33. The zero-order chi connectivity index (χ0) is 24.8. The Morgan fingerprint density at radius 2 is 1.74 bits per heavy atom. The second kappa shape index (κ2) is 11.6. The molecule has 2 amide bonds. The zero-order valence-electron chi connectivity index (χ0n) is 19.8. The Balaban J connectivity index is 1.55. The van der Waals surface area contributed by atoms with Gasteiger partial charge in [-0.2, -0.15) is 0 Å². The number of hydrogen-bond acceptors (Lipinski definition) is 4. The number of thioether (sulfide) groups is 1. The topological polar surface area (TPSA) is 58.6 Å². The van der Waals surface area contributed by atoms with Gasteiger partial charge in [-0.15, -0.1) is 11.8 Å². The second-order valence-corrected chi connectivity index (χ2v) is 10.1. The van der Waals surface area contributed by atoms with Crippen LogP contribution in [0.4, 0.5) is 0 Å². The van der Waals surface area contributed by atoms with Crippen molar-refractivity contribution in [1.82, 2.24) is 10.2 Å². The van der Waals surface area contributed by atoms with Crippen LogP contribution in [0.2, 0.25) is 5.02 Å². The Labute approximate surface area is 215 Å². The molecule has 1 saturated heterocycles. The molecule has 3 atom stereocenters. The summed E-state index contributed by atoms with van der Waals surface area (Å²) in [6.07, 6.45) is 0.824. The highest BCUT2D eigenvalue weighted by Crippen LogP contribution is 2.42. The highest BCUT2D eigenvalue weighted by Gasteiger charge is 2.42. The molecule has 35 heavy (non-hydrogen) atoms. The number of ether oxygens (including phenoxy) is 1. The fourth-order valence-corrected chi connectivity index (χ4v) is 5.42. The first-order chi connectivity index (χ1) is 17.0. The molecular formula is C28H29ClN2O3S. The number of amides is 2. The number of nitrogens with zero attached hydrogens (tertiary/aromatic N) is 1. The molecule has 182 valence electrons. The number of halogens is 1. The Bertz CT molecular complexity index is 1140. The normalized spacial score (nSPS) is 18.2. The van der Waals surface area contributed by atoms with Gasteiger partial charge >= 0.3 is 0 Å². The lowest BCUT2D eigenvalue weighted by atomic mass is 10.1. The quantitative estimate of drug-likeness (QED) is 0.400. The van der Waals surface area contributed by atoms with Crippen molar-refractivity contribution >= 4 is 35.2 Å². The van der Waals surface area contributed by atoms with E-state index in [9.17, 15) is 9.59 Å². The number of carbonyl (C=O) groups excluding carboxylic acids is 2. The number of benzene rings is 3. The van der Waals surface area contributed by atoms with Crippen molar-refractivity contribution in [2.75, 3.05) is 5.75 Å². The highest BCUT2D eigenvalue weighted by molar-refractivity contribution is 7.99. The van der Waals surface area contributed by atoms with Gasteiger partial charge in [0, 0.05) is 22.4 Å². The van der Waals surface area contributed by atoms with E-state index in [0.29, 0.717) is 22.9 Å². The Morgan fingerprint density at radius 3 is 2.40 bits per heavy atom. The Kier molecular flexibility index (Phi) is 8.37. The first kappa shape index (κ1) is 25.1. The second-order valence-electron chi connectivity index (χ2n) is 8.58. The molecule has 0 spiro atoms. The van der Waals surface area contributed by atoms with Crippen LogP contribution in [0.15, 0.2) is 78.9 Å². The van der Waals surface area contributed by atoms with Gasteiger partial charge in [0.25, 0.3) is 5.91 Å². The predicted octanol–water partition coefficient (Wildman–Crippen LogP) is 6.09. The molecule has 0 radical (unpaired) electrons. The third-order valence-electron chi connectivity index (χ3n) is 6.04. The molecule has 5 nitrogen and oxygen atoms in total. The van der Waals surface area contributed by atoms with Crippen molar-refractivity contribution in [2.45, 2.75) is 44.3 Å². The van der Waals surface area contributed by atoms with Crippen LogP contribution in [-0.2, 0) is 11.4 Å². The maximum atomic E-state index is 13.6. The van der Waals surface area contributed by atoms with Gasteiger partial charge in [0.05, 0.1) is 0 Å². The summed E-state index contributed by atoms with van der Waals surface area (Å²) >= 11 is 7.62. The molecule has 7 heteroatoms. The maximum absolute atomic E-state index is 13.6. The number of carbonyl (C=O) groups is 2. The molecule has 1 heterocycles. The minimum Gasteiger partial charge on any atom is -0.489 e. The lowest BCUT2D eigenvalue weighted by Crippen LogP contribution is -2.49. The molecule has 3 unspecified atom stereocenters. The first-order valence-corrected chi connectivity index (χ1v) is 13.2. The van der Waals surface area contributed by atoms with Gasteiger partial charge in [0.2, 0.25) is 5.91 Å². The highest BCUT2D eigenvalue weighted by atomic mass is 35.5. The van der Waals surface area contributed by atoms with E-state index >= 15 is 0 Å². The predicted molar refractivity (Wildman–Crippen MR) is 142 cm³/mol. The molecule has 3 aromatic rings. The van der Waals surface area contributed by atoms with Crippen molar-refractivity contribution < 1.29 is 14.3 Å². The Morgan fingerprint density at radius 1 is 1.06 bits per heavy atom. The summed E-state index contributed by atoms with van der Waals surface area (Å²) in [4.78, 5) is 28.4. The lowest BCUT2D eigenvalue weighted by molar-refractivity contribution is -0.125. The van der Waals surface area contributed by atoms with E-state index in [1.54, 1.807) is 40.9 Å². The van der Waals surface area contributed by atoms with Crippen LogP contribution in [0.1, 0.15) is 47.1 Å². The van der Waals surface area contributed by atoms with Gasteiger partial charge in [0.1, 0.15) is 23.8 Å². The van der Waals surface area contributed by atoms with Crippen LogP contribution in [-0.4, -0.2) is 34.6 Å². The van der Waals surface area contributed by atoms with Gasteiger partial charge < -0.3 is 15.0 Å². The van der Waals surface area contributed by atoms with E-state index in [0.717, 1.165) is 23.3 Å². The van der Waals surface area contributed by atoms with Crippen LogP contribution >= 0.6 is 23.4 Å². The van der Waals surface area contributed by atoms with Crippen molar-refractivity contribution in [1.29, 1.82) is 0 Å². The monoisotopic (exact) mass is 508 g/mol. The molecule has 4 rings (SSSR count). The van der Waals surface area contributed by atoms with Gasteiger partial charge in [-0.1, -0.05) is 61.0 Å². The third-order valence-corrected chi connectivity index (χ3v) is 7.62. The SMILES string of the molecule is CCC(C)NC(=O)C1CSC(c2ccc(OCc3ccccc3)cc2)N1C(=O)c1ccc(Cl)cc1. The van der Waals surface area contributed by atoms with Crippen molar-refractivity contribution in [3.63, 3.8) is 0 Å². The molecule has 1 N–H and O–H groups in total. The van der Waals surface area contributed by atoms with E-state index in [2.05, 4.69) is 5.32 Å². The molecule has 3 aromatic carbocycles. The largest absolute Gasteiger partial charge is 0.489 e. The van der Waals surface area contributed by atoms with Crippen molar-refractivity contribution in [2.24, 2.45) is 0 Å². The molecule has 0 aromatic heterocycles. The molecule has 1 aliphatic heterocycles. The van der Waals surface area contributed by atoms with Crippen LogP contribution in [0, 0.1) is 0 Å². The molecule has 1 aliphatic rings. The molecule has 0 saturated carbocycles. The van der Waals surface area contributed by atoms with E-state index in [1.807, 2.05) is 68.4 Å². The van der Waals surface area contributed by atoms with E-state index in [4.69, 9.17) is 16.3 Å². The summed E-state index contributed by atoms with van der Waals surface area (Å²) in [5.74, 6) is 0.963. The minimum atomic E-state index is -0.559. The van der Waals surface area contributed by atoms with Gasteiger partial charge in [-0.3, -0.25) is 9.59 Å². The van der Waals surface area contributed by atoms with Crippen molar-refractivity contribution in [3.8, 4) is 5.75 Å². The van der Waals surface area contributed by atoms with E-state index in [1.165, 1.54) is 0 Å². The lowest BCUT2D eigenvalue weighted by Gasteiger charge is -2.30. The molecular weight excluding hydrogens is 480 g/mol. The van der Waals surface area contributed by atoms with Gasteiger partial charge in [-0.05, 0) is 60.9 Å². The third kappa shape index (κ3) is 6.19. The summed E-state index contributed by atoms with van der Waals surface area (Å²) in [5, 5.41) is 3.32. The molecule has 1 fully saturated rings. The van der Waals surface area contributed by atoms with Gasteiger partial charge in [0.15, 0.2) is 0 Å². The van der Waals surface area contributed by atoms with Gasteiger partial charge in [-0.25, -0.2) is 0 Å². The van der Waals surface area contributed by atoms with Crippen molar-refractivity contribution in [3.05, 3.63) is 101 Å². The summed E-state index contributed by atoms with van der Waals surface area (Å²) in [5.41, 5.74) is 2.55. The molecule has 0 bridgehead atoms. The van der Waals surface area contributed by atoms with Crippen LogP contribution in [0.25, 0.3) is 0 Å². The zero-order valence-corrected chi connectivity index (χ0v) is 21.4. The number of nitrogens with one attached hydrogen (secondary N) is 1. The van der Waals surface area contributed by atoms with Crippen LogP contribution < -0.4 is 10.1 Å². The summed E-state index contributed by atoms with van der Waals surface area (Å²) in [6, 6.07) is 24.0. The standard InChI is InChI=1S/C28H29ClN2O3S/c1-3-19(2)30-26(32)25-18-35-28(31(25)27(33)21-9-13-23(29)14-10-21)22-11-15-24(16-12-22)34-17-20-7-5-4-6-8-20/h4-16,19,25,28H,3,17-18H2,1-2H3,(H,30,32). The Hall–Kier alpha value is -2.96. The number of rotatable bonds is 8. The van der Waals surface area contributed by atoms with E-state index in [-0.39, 0.29) is 23.2 Å². The number of hydrogen-bond donors (Lipinski definition) is 1. The summed E-state index contributed by atoms with van der Waals surface area (Å²) in [7, 11) is 0. The minimum absolute atomic E-state index is 0.0417. The van der Waals surface area contributed by atoms with Crippen LogP contribution in [0.5, 0.6) is 5.75 Å². The van der Waals surface area contributed by atoms with E-state index < -0.39 is 6.04 Å². The average molecular weight is 509 g/mol. The smallest absolute Gasteiger partial charge is 0.255 e. The van der Waals surface area contributed by atoms with Crippen LogP contribution in [0.3, 0.4) is 0 Å². The first-order valence-electron chi connectivity index (χ1n) is 11.7. The maximum Gasteiger partial charge on any atom is 0.255 e. The molecule has 0 aliphatic carbocycles. The summed E-state index contributed by atoms with van der Waals surface area (Å²) in [6.45, 7) is 4.48. The fraction of sp³-hybridized carbons (Fsp3) is 0.286. The summed E-state index contributed by atoms with van der Waals surface area (Å²) < 4.78 is 5.92. The fourth-order valence-electron chi connectivity index (χ4n) is 3.87.